The zero-order valence-electron chi connectivity index (χ0n) is 11.4. The predicted octanol–water partition coefficient (Wildman–Crippen LogP) is 5.34. The molecule has 0 fully saturated rings. The fraction of sp³-hybridized carbons (Fsp3) is 0.375. The van der Waals surface area contributed by atoms with E-state index in [4.69, 9.17) is 11.6 Å². The third-order valence-electron chi connectivity index (χ3n) is 3.17. The molecule has 1 unspecified atom stereocenters. The first-order valence-corrected chi connectivity index (χ1v) is 7.92. The minimum atomic E-state index is 0.407. The van der Waals surface area contributed by atoms with Crippen molar-refractivity contribution in [1.29, 1.82) is 0 Å². The van der Waals surface area contributed by atoms with Crippen LogP contribution in [0.3, 0.4) is 0 Å². The van der Waals surface area contributed by atoms with E-state index in [9.17, 15) is 0 Å². The maximum Gasteiger partial charge on any atom is 0.0406 e. The second kappa shape index (κ2) is 7.09. The van der Waals surface area contributed by atoms with Crippen molar-refractivity contribution in [1.82, 2.24) is 5.32 Å². The molecule has 0 aliphatic carbocycles. The zero-order chi connectivity index (χ0) is 13.7. The van der Waals surface area contributed by atoms with Gasteiger partial charge in [-0.25, -0.2) is 0 Å². The molecule has 0 aliphatic rings. The summed E-state index contributed by atoms with van der Waals surface area (Å²) < 4.78 is 0. The van der Waals surface area contributed by atoms with Crippen molar-refractivity contribution < 1.29 is 0 Å². The van der Waals surface area contributed by atoms with E-state index in [0.29, 0.717) is 6.04 Å². The van der Waals surface area contributed by atoms with Gasteiger partial charge in [0.1, 0.15) is 0 Å². The zero-order valence-corrected chi connectivity index (χ0v) is 13.0. The van der Waals surface area contributed by atoms with Crippen LogP contribution in [0, 0.1) is 6.92 Å². The van der Waals surface area contributed by atoms with Gasteiger partial charge in [-0.2, -0.15) is 0 Å². The Bertz CT molecular complexity index is 504. The molecule has 0 aliphatic heterocycles. The summed E-state index contributed by atoms with van der Waals surface area (Å²) in [6, 6.07) is 13.0. The molecule has 102 valence electrons. The summed E-state index contributed by atoms with van der Waals surface area (Å²) in [5.74, 6) is 0. The van der Waals surface area contributed by atoms with Crippen LogP contribution >= 0.6 is 22.9 Å². The summed E-state index contributed by atoms with van der Waals surface area (Å²) in [5, 5.41) is 4.45. The van der Waals surface area contributed by atoms with E-state index < -0.39 is 0 Å². The van der Waals surface area contributed by atoms with Gasteiger partial charge in [0.05, 0.1) is 0 Å². The fourth-order valence-electron chi connectivity index (χ4n) is 2.17. The van der Waals surface area contributed by atoms with Crippen LogP contribution in [-0.2, 0) is 6.54 Å². The van der Waals surface area contributed by atoms with Crippen molar-refractivity contribution in [2.45, 2.75) is 39.3 Å². The first kappa shape index (κ1) is 14.6. The second-order valence-electron chi connectivity index (χ2n) is 4.79. The molecule has 3 heteroatoms. The third-order valence-corrected chi connectivity index (χ3v) is 4.42. The predicted molar refractivity (Wildman–Crippen MR) is 85.0 cm³/mol. The first-order chi connectivity index (χ1) is 9.19. The maximum atomic E-state index is 5.95. The van der Waals surface area contributed by atoms with E-state index in [1.807, 2.05) is 23.5 Å². The minimum Gasteiger partial charge on any atom is -0.305 e. The Kier molecular flexibility index (Phi) is 5.44. The largest absolute Gasteiger partial charge is 0.305 e. The van der Waals surface area contributed by atoms with Gasteiger partial charge in [0, 0.05) is 27.4 Å². The van der Waals surface area contributed by atoms with E-state index in [1.165, 1.54) is 21.7 Å². The van der Waals surface area contributed by atoms with Gasteiger partial charge in [-0.3, -0.25) is 0 Å². The summed E-state index contributed by atoms with van der Waals surface area (Å²) in [4.78, 5) is 2.77. The van der Waals surface area contributed by atoms with Crippen LogP contribution in [0.5, 0.6) is 0 Å². The van der Waals surface area contributed by atoms with Crippen molar-refractivity contribution in [2.24, 2.45) is 0 Å². The standard InChI is InChI=1S/C16H20ClNS/c1-3-4-16(13-6-8-14(17)9-7-13)18-11-15-10-5-12(2)19-15/h5-10,16,18H,3-4,11H2,1-2H3. The van der Waals surface area contributed by atoms with Crippen LogP contribution < -0.4 is 5.32 Å². The number of aryl methyl sites for hydroxylation is 1. The van der Waals surface area contributed by atoms with Crippen molar-refractivity contribution in [3.8, 4) is 0 Å². The number of benzene rings is 1. The van der Waals surface area contributed by atoms with Crippen molar-refractivity contribution in [3.05, 3.63) is 56.7 Å². The summed E-state index contributed by atoms with van der Waals surface area (Å²) >= 11 is 7.81. The Morgan fingerprint density at radius 3 is 2.47 bits per heavy atom. The first-order valence-electron chi connectivity index (χ1n) is 6.73. The second-order valence-corrected chi connectivity index (χ2v) is 6.59. The molecule has 1 aromatic carbocycles. The van der Waals surface area contributed by atoms with E-state index in [-0.39, 0.29) is 0 Å². The smallest absolute Gasteiger partial charge is 0.0406 e. The van der Waals surface area contributed by atoms with Crippen LogP contribution in [0.4, 0.5) is 0 Å². The van der Waals surface area contributed by atoms with E-state index >= 15 is 0 Å². The normalized spacial score (nSPS) is 12.6. The van der Waals surface area contributed by atoms with Gasteiger partial charge in [-0.05, 0) is 43.2 Å². The lowest BCUT2D eigenvalue weighted by atomic mass is 10.0. The quantitative estimate of drug-likeness (QED) is 0.758. The van der Waals surface area contributed by atoms with E-state index in [2.05, 4.69) is 43.4 Å². The summed E-state index contributed by atoms with van der Waals surface area (Å²) in [6.45, 7) is 5.31. The van der Waals surface area contributed by atoms with Crippen LogP contribution in [0.25, 0.3) is 0 Å². The van der Waals surface area contributed by atoms with Crippen molar-refractivity contribution in [3.63, 3.8) is 0 Å². The molecule has 2 rings (SSSR count). The van der Waals surface area contributed by atoms with Gasteiger partial charge >= 0.3 is 0 Å². The van der Waals surface area contributed by atoms with Gasteiger partial charge in [0.25, 0.3) is 0 Å². The Balaban J connectivity index is 2.01. The highest BCUT2D eigenvalue weighted by Gasteiger charge is 2.10. The van der Waals surface area contributed by atoms with Gasteiger partial charge in [0.15, 0.2) is 0 Å². The monoisotopic (exact) mass is 293 g/mol. The average Bonchev–Trinajstić information content (AvgIpc) is 2.81. The molecule has 0 spiro atoms. The fourth-order valence-corrected chi connectivity index (χ4v) is 3.14. The van der Waals surface area contributed by atoms with Gasteiger partial charge in [0.2, 0.25) is 0 Å². The molecule has 0 amide bonds. The number of nitrogens with one attached hydrogen (secondary N) is 1. The summed E-state index contributed by atoms with van der Waals surface area (Å²) in [7, 11) is 0. The molecular formula is C16H20ClNS. The molecule has 0 radical (unpaired) electrons. The van der Waals surface area contributed by atoms with Crippen LogP contribution in [0.1, 0.15) is 41.1 Å². The average molecular weight is 294 g/mol. The van der Waals surface area contributed by atoms with Crippen LogP contribution in [-0.4, -0.2) is 0 Å². The Labute approximate surface area is 124 Å². The Morgan fingerprint density at radius 1 is 1.16 bits per heavy atom. The van der Waals surface area contributed by atoms with E-state index in [1.54, 1.807) is 0 Å². The molecule has 1 N–H and O–H groups in total. The molecule has 1 atom stereocenters. The SMILES string of the molecule is CCCC(NCc1ccc(C)s1)c1ccc(Cl)cc1. The highest BCUT2D eigenvalue weighted by molar-refractivity contribution is 7.11. The number of rotatable bonds is 6. The molecule has 19 heavy (non-hydrogen) atoms. The van der Waals surface area contributed by atoms with Gasteiger partial charge in [-0.1, -0.05) is 37.1 Å². The molecular weight excluding hydrogens is 274 g/mol. The molecule has 1 nitrogen and oxygen atoms in total. The van der Waals surface area contributed by atoms with Crippen molar-refractivity contribution in [2.75, 3.05) is 0 Å². The van der Waals surface area contributed by atoms with Crippen LogP contribution in [0.15, 0.2) is 36.4 Å². The third kappa shape index (κ3) is 4.34. The van der Waals surface area contributed by atoms with E-state index in [0.717, 1.165) is 18.0 Å². The number of hydrogen-bond acceptors (Lipinski definition) is 2. The molecule has 1 aromatic heterocycles. The lowest BCUT2D eigenvalue weighted by Crippen LogP contribution is -2.20. The maximum absolute atomic E-state index is 5.95. The number of halogens is 1. The molecule has 2 aromatic rings. The molecule has 1 heterocycles. The lowest BCUT2D eigenvalue weighted by Gasteiger charge is -2.18. The molecule has 0 saturated carbocycles. The number of thiophene rings is 1. The lowest BCUT2D eigenvalue weighted by molar-refractivity contribution is 0.496. The highest BCUT2D eigenvalue weighted by Crippen LogP contribution is 2.22. The summed E-state index contributed by atoms with van der Waals surface area (Å²) in [5.41, 5.74) is 1.32. The summed E-state index contributed by atoms with van der Waals surface area (Å²) in [6.07, 6.45) is 2.32. The van der Waals surface area contributed by atoms with Crippen molar-refractivity contribution >= 4 is 22.9 Å². The topological polar surface area (TPSA) is 12.0 Å². The molecule has 0 saturated heterocycles. The van der Waals surface area contributed by atoms with Gasteiger partial charge in [-0.15, -0.1) is 11.3 Å². The van der Waals surface area contributed by atoms with Gasteiger partial charge < -0.3 is 5.32 Å². The number of hydrogen-bond donors (Lipinski definition) is 1. The van der Waals surface area contributed by atoms with Crippen LogP contribution in [0.2, 0.25) is 5.02 Å². The highest BCUT2D eigenvalue weighted by atomic mass is 35.5. The Morgan fingerprint density at radius 2 is 1.89 bits per heavy atom. The Hall–Kier alpha value is -0.830. The minimum absolute atomic E-state index is 0.407. The molecule has 0 bridgehead atoms.